The van der Waals surface area contributed by atoms with Gasteiger partial charge in [-0.15, -0.1) is 17.9 Å². The lowest BCUT2D eigenvalue weighted by atomic mass is 10.2. The third-order valence-corrected chi connectivity index (χ3v) is 4.50. The number of nitrogens with one attached hydrogen (secondary N) is 1. The molecular formula is C16H14ClN3OS. The van der Waals surface area contributed by atoms with E-state index in [1.54, 1.807) is 11.0 Å². The van der Waals surface area contributed by atoms with Crippen molar-refractivity contribution in [2.24, 2.45) is 0 Å². The average molecular weight is 332 g/mol. The zero-order valence-corrected chi connectivity index (χ0v) is 13.3. The molecule has 0 atom stereocenters. The van der Waals surface area contributed by atoms with Crippen LogP contribution in [0.4, 0.5) is 0 Å². The molecule has 0 unspecified atom stereocenters. The van der Waals surface area contributed by atoms with Crippen LogP contribution in [-0.2, 0) is 0 Å². The van der Waals surface area contributed by atoms with E-state index in [0.717, 1.165) is 11.3 Å². The van der Waals surface area contributed by atoms with Gasteiger partial charge in [-0.2, -0.15) is 0 Å². The first-order chi connectivity index (χ1) is 10.6. The summed E-state index contributed by atoms with van der Waals surface area (Å²) in [4.78, 5) is 6.30. The Hall–Kier alpha value is -2.11. The number of hydrogen-bond donors (Lipinski definition) is 2. The van der Waals surface area contributed by atoms with Gasteiger partial charge in [0.25, 0.3) is 0 Å². The minimum Gasteiger partial charge on any atom is -0.510 e. The van der Waals surface area contributed by atoms with Crippen molar-refractivity contribution in [2.75, 3.05) is 13.1 Å². The lowest BCUT2D eigenvalue weighted by Crippen LogP contribution is -2.26. The molecule has 0 amide bonds. The molecule has 0 radical (unpaired) electrons. The van der Waals surface area contributed by atoms with E-state index >= 15 is 0 Å². The Morgan fingerprint density at radius 2 is 2.14 bits per heavy atom. The number of aliphatic hydroxyl groups is 1. The van der Waals surface area contributed by atoms with Gasteiger partial charge < -0.3 is 10.0 Å². The van der Waals surface area contributed by atoms with Crippen molar-refractivity contribution in [1.82, 2.24) is 9.88 Å². The zero-order valence-electron chi connectivity index (χ0n) is 11.7. The molecule has 0 fully saturated rings. The number of aliphatic hydroxyl groups excluding tert-OH is 1. The third kappa shape index (κ3) is 2.65. The Balaban J connectivity index is 1.91. The molecule has 0 saturated carbocycles. The highest BCUT2D eigenvalue weighted by atomic mass is 35.5. The molecule has 2 N–H and O–H groups in total. The van der Waals surface area contributed by atoms with Crippen LogP contribution in [0.25, 0.3) is 16.8 Å². The van der Waals surface area contributed by atoms with Gasteiger partial charge in [0.05, 0.1) is 17.8 Å². The molecule has 112 valence electrons. The van der Waals surface area contributed by atoms with E-state index in [1.807, 2.05) is 29.6 Å². The van der Waals surface area contributed by atoms with E-state index in [1.165, 1.54) is 11.3 Å². The summed E-state index contributed by atoms with van der Waals surface area (Å²) < 4.78 is 0. The minimum atomic E-state index is 0.184. The van der Waals surface area contributed by atoms with Crippen LogP contribution in [0.5, 0.6) is 0 Å². The number of amidine groups is 1. The summed E-state index contributed by atoms with van der Waals surface area (Å²) in [5.41, 5.74) is 2.28. The first-order valence-corrected chi connectivity index (χ1v) is 7.94. The fraction of sp³-hybridized carbons (Fsp3) is 0.125. The van der Waals surface area contributed by atoms with E-state index in [4.69, 9.17) is 17.0 Å². The van der Waals surface area contributed by atoms with Gasteiger partial charge in [-0.05, 0) is 12.1 Å². The highest BCUT2D eigenvalue weighted by Crippen LogP contribution is 2.32. The molecule has 2 heterocycles. The van der Waals surface area contributed by atoms with Crippen molar-refractivity contribution in [3.05, 3.63) is 58.1 Å². The van der Waals surface area contributed by atoms with Gasteiger partial charge in [-0.3, -0.25) is 5.41 Å². The second-order valence-corrected chi connectivity index (χ2v) is 6.18. The van der Waals surface area contributed by atoms with Crippen molar-refractivity contribution in [1.29, 1.82) is 5.41 Å². The highest BCUT2D eigenvalue weighted by molar-refractivity contribution is 7.11. The molecule has 6 heteroatoms. The number of hydrogen-bond acceptors (Lipinski definition) is 4. The van der Waals surface area contributed by atoms with E-state index in [-0.39, 0.29) is 11.6 Å². The lowest BCUT2D eigenvalue weighted by molar-refractivity contribution is 0.362. The maximum atomic E-state index is 10.1. The largest absolute Gasteiger partial charge is 0.510 e. The smallest absolute Gasteiger partial charge is 0.135 e. The highest BCUT2D eigenvalue weighted by Gasteiger charge is 2.29. The van der Waals surface area contributed by atoms with Crippen LogP contribution in [0.3, 0.4) is 0 Å². The zero-order chi connectivity index (χ0) is 15.7. The van der Waals surface area contributed by atoms with Crippen molar-refractivity contribution < 1.29 is 5.11 Å². The molecule has 3 rings (SSSR count). The second-order valence-electron chi connectivity index (χ2n) is 4.88. The number of benzene rings is 1. The molecule has 1 aromatic heterocycles. The molecule has 4 nitrogen and oxygen atoms in total. The molecule has 22 heavy (non-hydrogen) atoms. The Bertz CT molecular complexity index is 764. The monoisotopic (exact) mass is 331 g/mol. The van der Waals surface area contributed by atoms with Crippen molar-refractivity contribution in [3.63, 3.8) is 0 Å². The third-order valence-electron chi connectivity index (χ3n) is 3.39. The summed E-state index contributed by atoms with van der Waals surface area (Å²) >= 11 is 7.31. The first-order valence-electron chi connectivity index (χ1n) is 6.69. The second kappa shape index (κ2) is 5.94. The molecule has 2 aromatic rings. The number of thiazole rings is 1. The summed E-state index contributed by atoms with van der Waals surface area (Å²) in [5, 5.41) is 21.6. The van der Waals surface area contributed by atoms with Crippen LogP contribution in [0, 0.1) is 5.41 Å². The summed E-state index contributed by atoms with van der Waals surface area (Å²) in [6.45, 7) is 4.53. The summed E-state index contributed by atoms with van der Waals surface area (Å²) in [7, 11) is 0. The van der Waals surface area contributed by atoms with E-state index < -0.39 is 0 Å². The summed E-state index contributed by atoms with van der Waals surface area (Å²) in [5.74, 6) is 0.471. The van der Waals surface area contributed by atoms with Crippen molar-refractivity contribution >= 4 is 34.3 Å². The lowest BCUT2D eigenvalue weighted by Gasteiger charge is -2.15. The van der Waals surface area contributed by atoms with Gasteiger partial charge in [-0.25, -0.2) is 4.98 Å². The van der Waals surface area contributed by atoms with Crippen LogP contribution in [0.1, 0.15) is 5.01 Å². The topological polar surface area (TPSA) is 60.2 Å². The molecule has 1 aliphatic rings. The fourth-order valence-corrected chi connectivity index (χ4v) is 3.33. The molecule has 0 saturated heterocycles. The Labute approximate surface area is 137 Å². The van der Waals surface area contributed by atoms with Crippen LogP contribution in [0.15, 0.2) is 48.1 Å². The molecule has 1 aromatic carbocycles. The summed E-state index contributed by atoms with van der Waals surface area (Å²) in [6.07, 6.45) is 1.71. The first kappa shape index (κ1) is 14.8. The molecule has 0 bridgehead atoms. The van der Waals surface area contributed by atoms with Crippen LogP contribution < -0.4 is 0 Å². The maximum Gasteiger partial charge on any atom is 0.135 e. The van der Waals surface area contributed by atoms with Gasteiger partial charge in [0.1, 0.15) is 16.6 Å². The van der Waals surface area contributed by atoms with Gasteiger partial charge in [0.2, 0.25) is 0 Å². The molecule has 1 aliphatic heterocycles. The van der Waals surface area contributed by atoms with Gasteiger partial charge in [0, 0.05) is 22.5 Å². The van der Waals surface area contributed by atoms with Crippen molar-refractivity contribution in [3.8, 4) is 11.3 Å². The Kier molecular flexibility index (Phi) is 4.00. The summed E-state index contributed by atoms with van der Waals surface area (Å²) in [6, 6.07) is 7.44. The van der Waals surface area contributed by atoms with E-state index in [0.29, 0.717) is 28.7 Å². The predicted molar refractivity (Wildman–Crippen MR) is 91.6 cm³/mol. The van der Waals surface area contributed by atoms with E-state index in [2.05, 4.69) is 11.6 Å². The Morgan fingerprint density at radius 1 is 1.41 bits per heavy atom. The standard InChI is InChI=1S/C16H14ClN3OS/c1-2-7-20-8-13(21)14(15(20)18)16-19-12(9-22-16)10-3-5-11(17)6-4-10/h2-6,9,18,21H,1,7-8H2. The predicted octanol–water partition coefficient (Wildman–Crippen LogP) is 4.21. The average Bonchev–Trinajstić information content (AvgIpc) is 3.06. The minimum absolute atomic E-state index is 0.184. The van der Waals surface area contributed by atoms with Crippen molar-refractivity contribution in [2.45, 2.75) is 0 Å². The number of halogens is 1. The number of aromatic nitrogens is 1. The van der Waals surface area contributed by atoms with Crippen LogP contribution in [0.2, 0.25) is 5.02 Å². The van der Waals surface area contributed by atoms with Crippen LogP contribution in [-0.4, -0.2) is 33.9 Å². The van der Waals surface area contributed by atoms with Gasteiger partial charge >= 0.3 is 0 Å². The maximum absolute atomic E-state index is 10.1. The molecular weight excluding hydrogens is 318 g/mol. The molecule has 0 aliphatic carbocycles. The SMILES string of the molecule is C=CCN1CC(O)=C(c2nc(-c3ccc(Cl)cc3)cs2)C1=N. The van der Waals surface area contributed by atoms with Gasteiger partial charge in [0.15, 0.2) is 0 Å². The van der Waals surface area contributed by atoms with E-state index in [9.17, 15) is 5.11 Å². The van der Waals surface area contributed by atoms with Gasteiger partial charge in [-0.1, -0.05) is 29.8 Å². The number of nitrogens with zero attached hydrogens (tertiary/aromatic N) is 2. The quantitative estimate of drug-likeness (QED) is 0.825. The molecule has 0 spiro atoms. The normalized spacial score (nSPS) is 14.8. The Morgan fingerprint density at radius 3 is 2.82 bits per heavy atom. The van der Waals surface area contributed by atoms with Crippen LogP contribution >= 0.6 is 22.9 Å². The fourth-order valence-electron chi connectivity index (χ4n) is 2.31. The number of rotatable bonds is 4.